The summed E-state index contributed by atoms with van der Waals surface area (Å²) in [7, 11) is 0. The summed E-state index contributed by atoms with van der Waals surface area (Å²) < 4.78 is 0. The zero-order valence-corrected chi connectivity index (χ0v) is 22.1. The standard InChI is InChI=1S/C38H27N/c1-38(2)33-13-7-5-11-29(33)32-23-27(20-22-34(32)38)24-15-17-26(18-16-24)37-31-21-19-25-9-3-4-10-28(25)36(31)30-12-6-8-14-35(30)39-37/h3-23H,1-2H3. The second-order valence-electron chi connectivity index (χ2n) is 11.2. The second-order valence-corrected chi connectivity index (χ2v) is 11.2. The van der Waals surface area contributed by atoms with Crippen molar-refractivity contribution < 1.29 is 0 Å². The molecule has 6 aromatic carbocycles. The minimum Gasteiger partial charge on any atom is -0.247 e. The molecule has 0 aliphatic heterocycles. The van der Waals surface area contributed by atoms with Crippen LogP contribution in [0.4, 0.5) is 0 Å². The molecule has 184 valence electrons. The number of aromatic nitrogens is 1. The summed E-state index contributed by atoms with van der Waals surface area (Å²) in [5.41, 5.74) is 11.2. The third kappa shape index (κ3) is 3.23. The molecule has 0 N–H and O–H groups in total. The van der Waals surface area contributed by atoms with E-state index in [9.17, 15) is 0 Å². The van der Waals surface area contributed by atoms with Crippen LogP contribution in [0.25, 0.3) is 66.0 Å². The predicted octanol–water partition coefficient (Wildman–Crippen LogP) is 10.2. The van der Waals surface area contributed by atoms with Crippen LogP contribution in [0.5, 0.6) is 0 Å². The van der Waals surface area contributed by atoms with E-state index in [4.69, 9.17) is 4.98 Å². The Kier molecular flexibility index (Phi) is 4.63. The first-order valence-electron chi connectivity index (χ1n) is 13.6. The number of hydrogen-bond donors (Lipinski definition) is 0. The lowest BCUT2D eigenvalue weighted by molar-refractivity contribution is 0.660. The van der Waals surface area contributed by atoms with E-state index in [2.05, 4.69) is 141 Å². The highest BCUT2D eigenvalue weighted by atomic mass is 14.7. The maximum Gasteiger partial charge on any atom is 0.0788 e. The van der Waals surface area contributed by atoms with E-state index < -0.39 is 0 Å². The SMILES string of the molecule is CC1(C)c2ccccc2-c2cc(-c3ccc(-c4nc5ccccc5c5c4ccc4ccccc45)cc3)ccc21. The van der Waals surface area contributed by atoms with E-state index in [-0.39, 0.29) is 5.41 Å². The van der Waals surface area contributed by atoms with Crippen LogP contribution in [0.3, 0.4) is 0 Å². The molecule has 0 saturated carbocycles. The van der Waals surface area contributed by atoms with Gasteiger partial charge in [0.15, 0.2) is 0 Å². The molecular weight excluding hydrogens is 470 g/mol. The number of hydrogen-bond acceptors (Lipinski definition) is 1. The third-order valence-corrected chi connectivity index (χ3v) is 8.66. The van der Waals surface area contributed by atoms with Crippen molar-refractivity contribution in [2.45, 2.75) is 19.3 Å². The van der Waals surface area contributed by atoms with Gasteiger partial charge in [0, 0.05) is 27.1 Å². The molecule has 0 unspecified atom stereocenters. The number of benzene rings is 6. The largest absolute Gasteiger partial charge is 0.247 e. The highest BCUT2D eigenvalue weighted by Gasteiger charge is 2.35. The van der Waals surface area contributed by atoms with Gasteiger partial charge in [-0.3, -0.25) is 0 Å². The fourth-order valence-electron chi connectivity index (χ4n) is 6.66. The van der Waals surface area contributed by atoms with Gasteiger partial charge in [-0.2, -0.15) is 0 Å². The average molecular weight is 498 g/mol. The summed E-state index contributed by atoms with van der Waals surface area (Å²) in [6.07, 6.45) is 0. The molecule has 0 radical (unpaired) electrons. The van der Waals surface area contributed by atoms with Crippen LogP contribution in [0.2, 0.25) is 0 Å². The summed E-state index contributed by atoms with van der Waals surface area (Å²) >= 11 is 0. The van der Waals surface area contributed by atoms with Crippen molar-refractivity contribution >= 4 is 32.4 Å². The van der Waals surface area contributed by atoms with Gasteiger partial charge in [0.25, 0.3) is 0 Å². The lowest BCUT2D eigenvalue weighted by atomic mass is 9.82. The highest BCUT2D eigenvalue weighted by molar-refractivity contribution is 6.22. The van der Waals surface area contributed by atoms with Crippen molar-refractivity contribution in [2.75, 3.05) is 0 Å². The van der Waals surface area contributed by atoms with Crippen molar-refractivity contribution in [1.29, 1.82) is 0 Å². The maximum atomic E-state index is 5.17. The van der Waals surface area contributed by atoms with E-state index in [1.165, 1.54) is 60.3 Å². The van der Waals surface area contributed by atoms with E-state index in [1.54, 1.807) is 0 Å². The molecule has 1 heteroatoms. The molecule has 0 amide bonds. The van der Waals surface area contributed by atoms with Crippen LogP contribution >= 0.6 is 0 Å². The van der Waals surface area contributed by atoms with Crippen molar-refractivity contribution in [3.8, 4) is 33.5 Å². The van der Waals surface area contributed by atoms with Crippen molar-refractivity contribution in [1.82, 2.24) is 4.98 Å². The molecule has 0 spiro atoms. The Morgan fingerprint density at radius 3 is 2.03 bits per heavy atom. The van der Waals surface area contributed by atoms with Crippen molar-refractivity contribution in [3.05, 3.63) is 139 Å². The Morgan fingerprint density at radius 2 is 1.15 bits per heavy atom. The zero-order chi connectivity index (χ0) is 26.1. The van der Waals surface area contributed by atoms with Crippen LogP contribution in [0.1, 0.15) is 25.0 Å². The van der Waals surface area contributed by atoms with Gasteiger partial charge >= 0.3 is 0 Å². The smallest absolute Gasteiger partial charge is 0.0788 e. The summed E-state index contributed by atoms with van der Waals surface area (Å²) in [5.74, 6) is 0. The molecule has 0 fully saturated rings. The second kappa shape index (κ2) is 8.12. The predicted molar refractivity (Wildman–Crippen MR) is 165 cm³/mol. The molecule has 0 atom stereocenters. The zero-order valence-electron chi connectivity index (χ0n) is 22.1. The van der Waals surface area contributed by atoms with E-state index in [0.717, 1.165) is 16.8 Å². The molecule has 0 bridgehead atoms. The van der Waals surface area contributed by atoms with Gasteiger partial charge in [-0.15, -0.1) is 0 Å². The van der Waals surface area contributed by atoms with E-state index in [1.807, 2.05) is 0 Å². The van der Waals surface area contributed by atoms with Crippen molar-refractivity contribution in [3.63, 3.8) is 0 Å². The fraction of sp³-hybridized carbons (Fsp3) is 0.0789. The first-order valence-corrected chi connectivity index (χ1v) is 13.6. The molecule has 39 heavy (non-hydrogen) atoms. The van der Waals surface area contributed by atoms with Crippen LogP contribution in [-0.4, -0.2) is 4.98 Å². The van der Waals surface area contributed by atoms with Crippen molar-refractivity contribution in [2.24, 2.45) is 0 Å². The molecular formula is C38H27N. The van der Waals surface area contributed by atoms with E-state index >= 15 is 0 Å². The number of nitrogens with zero attached hydrogens (tertiary/aromatic N) is 1. The van der Waals surface area contributed by atoms with Gasteiger partial charge < -0.3 is 0 Å². The minimum atomic E-state index is 0.0291. The van der Waals surface area contributed by atoms with Gasteiger partial charge in [-0.25, -0.2) is 4.98 Å². The highest BCUT2D eigenvalue weighted by Crippen LogP contribution is 2.49. The van der Waals surface area contributed by atoms with Gasteiger partial charge in [-0.1, -0.05) is 129 Å². The van der Waals surface area contributed by atoms with Crippen LogP contribution in [0, 0.1) is 0 Å². The number of para-hydroxylation sites is 1. The minimum absolute atomic E-state index is 0.0291. The molecule has 1 heterocycles. The average Bonchev–Trinajstić information content (AvgIpc) is 3.22. The van der Waals surface area contributed by atoms with E-state index in [0.29, 0.717) is 0 Å². The Bertz CT molecular complexity index is 2060. The fourth-order valence-corrected chi connectivity index (χ4v) is 6.66. The van der Waals surface area contributed by atoms with Gasteiger partial charge in [0.1, 0.15) is 0 Å². The van der Waals surface area contributed by atoms with Gasteiger partial charge in [-0.05, 0) is 56.3 Å². The topological polar surface area (TPSA) is 12.9 Å². The summed E-state index contributed by atoms with van der Waals surface area (Å²) in [6, 6.07) is 46.3. The molecule has 0 saturated heterocycles. The Balaban J connectivity index is 1.27. The summed E-state index contributed by atoms with van der Waals surface area (Å²) in [5, 5.41) is 6.19. The molecule has 1 nitrogen and oxygen atoms in total. The third-order valence-electron chi connectivity index (χ3n) is 8.66. The number of rotatable bonds is 2. The van der Waals surface area contributed by atoms with Crippen LogP contribution in [-0.2, 0) is 5.41 Å². The van der Waals surface area contributed by atoms with Gasteiger partial charge in [0.2, 0.25) is 0 Å². The Morgan fingerprint density at radius 1 is 0.487 bits per heavy atom. The van der Waals surface area contributed by atoms with Gasteiger partial charge in [0.05, 0.1) is 11.2 Å². The molecule has 7 aromatic rings. The maximum absolute atomic E-state index is 5.17. The Hall–Kier alpha value is -4.75. The molecule has 8 rings (SSSR count). The summed E-state index contributed by atoms with van der Waals surface area (Å²) in [4.78, 5) is 5.17. The first kappa shape index (κ1) is 22.3. The van der Waals surface area contributed by atoms with Crippen LogP contribution < -0.4 is 0 Å². The van der Waals surface area contributed by atoms with Crippen LogP contribution in [0.15, 0.2) is 127 Å². The molecule has 1 aliphatic rings. The lowest BCUT2D eigenvalue weighted by Crippen LogP contribution is -2.14. The summed E-state index contributed by atoms with van der Waals surface area (Å²) in [6.45, 7) is 4.66. The quantitative estimate of drug-likeness (QED) is 0.217. The Labute approximate surface area is 228 Å². The number of pyridine rings is 1. The molecule has 1 aliphatic carbocycles. The first-order chi connectivity index (χ1) is 19.1. The lowest BCUT2D eigenvalue weighted by Gasteiger charge is -2.21. The number of fused-ring (bicyclic) bond motifs is 8. The molecule has 1 aromatic heterocycles. The normalized spacial score (nSPS) is 13.6. The monoisotopic (exact) mass is 497 g/mol.